The fourth-order valence-corrected chi connectivity index (χ4v) is 1.84. The van der Waals surface area contributed by atoms with Crippen LogP contribution in [0.2, 0.25) is 0 Å². The molecule has 0 saturated heterocycles. The first-order valence-corrected chi connectivity index (χ1v) is 5.41. The molecule has 6 nitrogen and oxygen atoms in total. The van der Waals surface area contributed by atoms with Gasteiger partial charge in [0.1, 0.15) is 5.82 Å². The second-order valence-corrected chi connectivity index (χ2v) is 4.86. The van der Waals surface area contributed by atoms with Crippen LogP contribution in [-0.2, 0) is 0 Å². The van der Waals surface area contributed by atoms with E-state index in [2.05, 4.69) is 15.3 Å². The van der Waals surface area contributed by atoms with Crippen molar-refractivity contribution in [1.82, 2.24) is 9.97 Å². The standard InChI is InChI=1S/C11H15N3O3/c1-11(2)7(3-8(11)15)14-9-5-12-6(4-13-9)10(16)17/h4-5,7-8,15H,3H2,1-2H3,(H,13,14)(H,16,17). The van der Waals surface area contributed by atoms with Gasteiger partial charge in [-0.25, -0.2) is 14.8 Å². The molecule has 92 valence electrons. The topological polar surface area (TPSA) is 95.3 Å². The number of hydrogen-bond donors (Lipinski definition) is 3. The van der Waals surface area contributed by atoms with Crippen molar-refractivity contribution < 1.29 is 15.0 Å². The Labute approximate surface area is 98.7 Å². The summed E-state index contributed by atoms with van der Waals surface area (Å²) in [5.41, 5.74) is -0.281. The molecule has 1 aromatic heterocycles. The monoisotopic (exact) mass is 237 g/mol. The lowest BCUT2D eigenvalue weighted by molar-refractivity contribution is -0.0511. The van der Waals surface area contributed by atoms with E-state index in [1.54, 1.807) is 0 Å². The summed E-state index contributed by atoms with van der Waals surface area (Å²) in [6.45, 7) is 3.94. The summed E-state index contributed by atoms with van der Waals surface area (Å²) >= 11 is 0. The lowest BCUT2D eigenvalue weighted by Crippen LogP contribution is -2.57. The van der Waals surface area contributed by atoms with Crippen LogP contribution >= 0.6 is 0 Å². The van der Waals surface area contributed by atoms with Gasteiger partial charge in [0.25, 0.3) is 0 Å². The predicted octanol–water partition coefficient (Wildman–Crippen LogP) is 0.746. The van der Waals surface area contributed by atoms with E-state index in [9.17, 15) is 9.90 Å². The summed E-state index contributed by atoms with van der Waals surface area (Å²) in [5, 5.41) is 21.4. The van der Waals surface area contributed by atoms with Crippen LogP contribution in [0.3, 0.4) is 0 Å². The maximum atomic E-state index is 10.6. The highest BCUT2D eigenvalue weighted by Crippen LogP contribution is 2.41. The van der Waals surface area contributed by atoms with Gasteiger partial charge >= 0.3 is 5.97 Å². The molecular weight excluding hydrogens is 222 g/mol. The Bertz CT molecular complexity index is 430. The van der Waals surface area contributed by atoms with Crippen LogP contribution in [0.1, 0.15) is 30.8 Å². The molecular formula is C11H15N3O3. The summed E-state index contributed by atoms with van der Waals surface area (Å²) in [6, 6.07) is 0.127. The molecule has 17 heavy (non-hydrogen) atoms. The molecule has 0 radical (unpaired) electrons. The van der Waals surface area contributed by atoms with Gasteiger partial charge in [-0.15, -0.1) is 0 Å². The molecule has 1 aliphatic rings. The Morgan fingerprint density at radius 3 is 2.59 bits per heavy atom. The third-order valence-corrected chi connectivity index (χ3v) is 3.41. The normalized spacial score (nSPS) is 26.1. The first-order valence-electron chi connectivity index (χ1n) is 5.41. The number of aliphatic hydroxyl groups excluding tert-OH is 1. The van der Waals surface area contributed by atoms with Gasteiger partial charge in [0, 0.05) is 11.5 Å². The maximum absolute atomic E-state index is 10.6. The molecule has 0 aliphatic heterocycles. The smallest absolute Gasteiger partial charge is 0.356 e. The molecule has 2 unspecified atom stereocenters. The lowest BCUT2D eigenvalue weighted by atomic mass is 9.64. The quantitative estimate of drug-likeness (QED) is 0.718. The molecule has 6 heteroatoms. The number of carboxylic acid groups (broad SMARTS) is 1. The third-order valence-electron chi connectivity index (χ3n) is 3.41. The maximum Gasteiger partial charge on any atom is 0.356 e. The summed E-state index contributed by atoms with van der Waals surface area (Å²) < 4.78 is 0. The molecule has 3 N–H and O–H groups in total. The van der Waals surface area contributed by atoms with E-state index in [4.69, 9.17) is 5.11 Å². The molecule has 1 aliphatic carbocycles. The van der Waals surface area contributed by atoms with Crippen molar-refractivity contribution in [3.63, 3.8) is 0 Å². The number of aromatic carboxylic acids is 1. The molecule has 0 aromatic carbocycles. The van der Waals surface area contributed by atoms with E-state index in [0.29, 0.717) is 12.2 Å². The molecule has 1 heterocycles. The van der Waals surface area contributed by atoms with Crippen molar-refractivity contribution in [1.29, 1.82) is 0 Å². The molecule has 2 rings (SSSR count). The number of carbonyl (C=O) groups is 1. The van der Waals surface area contributed by atoms with Crippen LogP contribution in [0.4, 0.5) is 5.82 Å². The van der Waals surface area contributed by atoms with Gasteiger partial charge in [-0.1, -0.05) is 13.8 Å². The number of rotatable bonds is 3. The van der Waals surface area contributed by atoms with Crippen LogP contribution in [0, 0.1) is 5.41 Å². The predicted molar refractivity (Wildman–Crippen MR) is 60.8 cm³/mol. The summed E-state index contributed by atoms with van der Waals surface area (Å²) in [6.07, 6.45) is 2.96. The second-order valence-electron chi connectivity index (χ2n) is 4.86. The first kappa shape index (κ1) is 11.8. The Morgan fingerprint density at radius 2 is 2.18 bits per heavy atom. The zero-order valence-corrected chi connectivity index (χ0v) is 9.71. The average molecular weight is 237 g/mol. The summed E-state index contributed by atoms with van der Waals surface area (Å²) in [5.74, 6) is -0.566. The van der Waals surface area contributed by atoms with Crippen molar-refractivity contribution in [2.45, 2.75) is 32.4 Å². The average Bonchev–Trinajstić information content (AvgIpc) is 2.29. The van der Waals surface area contributed by atoms with E-state index in [-0.39, 0.29) is 23.3 Å². The Kier molecular flexibility index (Phi) is 2.74. The van der Waals surface area contributed by atoms with Gasteiger partial charge in [-0.3, -0.25) is 0 Å². The number of hydrogen-bond acceptors (Lipinski definition) is 5. The molecule has 1 saturated carbocycles. The van der Waals surface area contributed by atoms with Gasteiger partial charge in [-0.05, 0) is 6.42 Å². The Hall–Kier alpha value is -1.69. The third kappa shape index (κ3) is 2.08. The second kappa shape index (κ2) is 3.96. The molecule has 1 fully saturated rings. The van der Waals surface area contributed by atoms with E-state index in [1.165, 1.54) is 12.4 Å². The largest absolute Gasteiger partial charge is 0.476 e. The SMILES string of the molecule is CC1(C)C(O)CC1Nc1cnc(C(=O)O)cn1. The minimum Gasteiger partial charge on any atom is -0.476 e. The van der Waals surface area contributed by atoms with E-state index in [1.807, 2.05) is 13.8 Å². The van der Waals surface area contributed by atoms with Crippen molar-refractivity contribution in [3.05, 3.63) is 18.1 Å². The van der Waals surface area contributed by atoms with E-state index >= 15 is 0 Å². The van der Waals surface area contributed by atoms with E-state index < -0.39 is 5.97 Å². The van der Waals surface area contributed by atoms with Gasteiger partial charge in [0.05, 0.1) is 18.5 Å². The van der Waals surface area contributed by atoms with Gasteiger partial charge in [0.15, 0.2) is 5.69 Å². The van der Waals surface area contributed by atoms with Crippen LogP contribution in [-0.4, -0.2) is 38.3 Å². The van der Waals surface area contributed by atoms with Crippen molar-refractivity contribution in [2.24, 2.45) is 5.41 Å². The minimum absolute atomic E-state index is 0.0801. The summed E-state index contributed by atoms with van der Waals surface area (Å²) in [4.78, 5) is 18.3. The molecule has 0 bridgehead atoms. The van der Waals surface area contributed by atoms with Crippen LogP contribution < -0.4 is 5.32 Å². The molecule has 1 aromatic rings. The minimum atomic E-state index is -1.09. The fourth-order valence-electron chi connectivity index (χ4n) is 1.84. The number of carboxylic acids is 1. The fraction of sp³-hybridized carbons (Fsp3) is 0.545. The van der Waals surface area contributed by atoms with Crippen LogP contribution in [0.5, 0.6) is 0 Å². The molecule has 2 atom stereocenters. The number of nitrogens with zero attached hydrogens (tertiary/aromatic N) is 2. The van der Waals surface area contributed by atoms with Crippen LogP contribution in [0.25, 0.3) is 0 Å². The zero-order valence-electron chi connectivity index (χ0n) is 9.71. The number of aliphatic hydroxyl groups is 1. The highest BCUT2D eigenvalue weighted by molar-refractivity contribution is 5.84. The first-order chi connectivity index (χ1) is 7.91. The van der Waals surface area contributed by atoms with Crippen LogP contribution in [0.15, 0.2) is 12.4 Å². The lowest BCUT2D eigenvalue weighted by Gasteiger charge is -2.49. The summed E-state index contributed by atoms with van der Waals surface area (Å²) in [7, 11) is 0. The van der Waals surface area contributed by atoms with Gasteiger partial charge in [0.2, 0.25) is 0 Å². The Morgan fingerprint density at radius 1 is 1.47 bits per heavy atom. The highest BCUT2D eigenvalue weighted by atomic mass is 16.4. The van der Waals surface area contributed by atoms with Gasteiger partial charge in [-0.2, -0.15) is 0 Å². The number of nitrogens with one attached hydrogen (secondary N) is 1. The van der Waals surface area contributed by atoms with E-state index in [0.717, 1.165) is 0 Å². The number of anilines is 1. The molecule has 0 spiro atoms. The number of aromatic nitrogens is 2. The highest BCUT2D eigenvalue weighted by Gasteiger charge is 2.47. The van der Waals surface area contributed by atoms with Crippen molar-refractivity contribution in [2.75, 3.05) is 5.32 Å². The van der Waals surface area contributed by atoms with Crippen molar-refractivity contribution in [3.8, 4) is 0 Å². The Balaban J connectivity index is 2.03. The zero-order chi connectivity index (χ0) is 12.6. The van der Waals surface area contributed by atoms with Gasteiger partial charge < -0.3 is 15.5 Å². The molecule has 0 amide bonds. The van der Waals surface area contributed by atoms with Crippen molar-refractivity contribution >= 4 is 11.8 Å².